The predicted octanol–water partition coefficient (Wildman–Crippen LogP) is 0.397. The molecule has 28 heavy (non-hydrogen) atoms. The summed E-state index contributed by atoms with van der Waals surface area (Å²) in [4.78, 5) is 0. The minimum Gasteiger partial charge on any atom is -1.00 e. The maximum absolute atomic E-state index is 2.38. The molecule has 1 unspecified atom stereocenters. The third kappa shape index (κ3) is 4.23. The summed E-state index contributed by atoms with van der Waals surface area (Å²) in [5.74, 6) is 0.602. The van der Waals surface area contributed by atoms with Gasteiger partial charge in [0.1, 0.15) is 0 Å². The van der Waals surface area contributed by atoms with Crippen LogP contribution in [0.15, 0.2) is 72.8 Å². The molecular formula is C25H22Cl2Zr. The van der Waals surface area contributed by atoms with Gasteiger partial charge in [-0.2, -0.15) is 0 Å². The second-order valence-corrected chi connectivity index (χ2v) is 7.26. The number of hydrogen-bond acceptors (Lipinski definition) is 0. The number of halogens is 2. The van der Waals surface area contributed by atoms with E-state index in [1.807, 2.05) is 0 Å². The summed E-state index contributed by atoms with van der Waals surface area (Å²) in [6.07, 6.45) is 9.45. The molecule has 0 heterocycles. The van der Waals surface area contributed by atoms with Crippen molar-refractivity contribution in [2.75, 3.05) is 0 Å². The van der Waals surface area contributed by atoms with Gasteiger partial charge in [0.05, 0.1) is 0 Å². The Hall–Kier alpha value is -1.14. The van der Waals surface area contributed by atoms with Crippen LogP contribution in [0.2, 0.25) is 0 Å². The molecule has 3 heteroatoms. The fraction of sp³-hybridized carbons (Fsp3) is 0.200. The van der Waals surface area contributed by atoms with Crippen LogP contribution in [0.5, 0.6) is 0 Å². The zero-order valence-corrected chi connectivity index (χ0v) is 19.6. The second-order valence-electron chi connectivity index (χ2n) is 7.26. The van der Waals surface area contributed by atoms with E-state index in [2.05, 4.69) is 78.9 Å². The molecule has 3 aromatic rings. The first-order chi connectivity index (χ1) is 12.4. The zero-order chi connectivity index (χ0) is 16.6. The Morgan fingerprint density at radius 2 is 1.54 bits per heavy atom. The Morgan fingerprint density at radius 3 is 2.43 bits per heavy atom. The first-order valence-corrected chi connectivity index (χ1v) is 9.36. The van der Waals surface area contributed by atoms with E-state index in [1.165, 1.54) is 47.1 Å². The molecule has 2 aliphatic carbocycles. The van der Waals surface area contributed by atoms with Gasteiger partial charge < -0.3 is 24.8 Å². The van der Waals surface area contributed by atoms with Crippen LogP contribution in [-0.2, 0) is 39.0 Å². The van der Waals surface area contributed by atoms with Crippen LogP contribution in [0.1, 0.15) is 46.6 Å². The van der Waals surface area contributed by atoms with Crippen LogP contribution >= 0.6 is 0 Å². The van der Waals surface area contributed by atoms with E-state index in [4.69, 9.17) is 0 Å². The summed E-state index contributed by atoms with van der Waals surface area (Å²) in [6.45, 7) is 0. The van der Waals surface area contributed by atoms with Crippen molar-refractivity contribution in [2.24, 2.45) is 0 Å². The number of allylic oxidation sites excluding steroid dienone is 1. The molecule has 0 aliphatic heterocycles. The van der Waals surface area contributed by atoms with Crippen LogP contribution < -0.4 is 24.8 Å². The van der Waals surface area contributed by atoms with Crippen molar-refractivity contribution < 1.29 is 51.0 Å². The van der Waals surface area contributed by atoms with Crippen molar-refractivity contribution in [1.29, 1.82) is 0 Å². The van der Waals surface area contributed by atoms with E-state index < -0.39 is 0 Å². The monoisotopic (exact) mass is 482 g/mol. The number of hydrogen-bond donors (Lipinski definition) is 0. The molecular weight excluding hydrogens is 462 g/mol. The summed E-state index contributed by atoms with van der Waals surface area (Å²) in [7, 11) is 0. The Labute approximate surface area is 199 Å². The van der Waals surface area contributed by atoms with E-state index in [-0.39, 0.29) is 51.0 Å². The maximum Gasteiger partial charge on any atom is 2.00 e. The smallest absolute Gasteiger partial charge is 1.00 e. The molecule has 0 N–H and O–H groups in total. The molecule has 0 saturated carbocycles. The Balaban J connectivity index is 0.000000934. The third-order valence-corrected chi connectivity index (χ3v) is 5.81. The van der Waals surface area contributed by atoms with Gasteiger partial charge in [0.2, 0.25) is 0 Å². The molecule has 0 spiro atoms. The first-order valence-electron chi connectivity index (χ1n) is 9.36. The van der Waals surface area contributed by atoms with Gasteiger partial charge in [-0.25, -0.2) is 0 Å². The minimum atomic E-state index is 0. The van der Waals surface area contributed by atoms with E-state index in [9.17, 15) is 0 Å². The van der Waals surface area contributed by atoms with Crippen molar-refractivity contribution in [3.05, 3.63) is 101 Å². The van der Waals surface area contributed by atoms with Crippen molar-refractivity contribution >= 4 is 6.08 Å². The fourth-order valence-electron chi connectivity index (χ4n) is 4.55. The summed E-state index contributed by atoms with van der Waals surface area (Å²) < 4.78 is 0. The normalized spacial score (nSPS) is 14.8. The average molecular weight is 485 g/mol. The number of fused-ring (bicyclic) bond motifs is 4. The van der Waals surface area contributed by atoms with Gasteiger partial charge in [-0.1, -0.05) is 78.9 Å². The zero-order valence-electron chi connectivity index (χ0n) is 15.7. The van der Waals surface area contributed by atoms with Gasteiger partial charge in [-0.15, -0.1) is 0 Å². The van der Waals surface area contributed by atoms with E-state index in [0.29, 0.717) is 5.92 Å². The summed E-state index contributed by atoms with van der Waals surface area (Å²) in [6, 6.07) is 24.6. The van der Waals surface area contributed by atoms with Gasteiger partial charge in [-0.3, -0.25) is 0 Å². The molecule has 0 radical (unpaired) electrons. The van der Waals surface area contributed by atoms with Gasteiger partial charge in [-0.05, 0) is 64.6 Å². The van der Waals surface area contributed by atoms with Crippen molar-refractivity contribution in [3.8, 4) is 11.1 Å². The van der Waals surface area contributed by atoms with Crippen molar-refractivity contribution in [1.82, 2.24) is 0 Å². The number of aryl methyl sites for hydroxylation is 1. The Morgan fingerprint density at radius 1 is 0.786 bits per heavy atom. The van der Waals surface area contributed by atoms with Crippen LogP contribution in [0.3, 0.4) is 0 Å². The molecule has 0 aromatic heterocycles. The van der Waals surface area contributed by atoms with Crippen LogP contribution in [0, 0.1) is 0 Å². The van der Waals surface area contributed by atoms with Crippen molar-refractivity contribution in [3.63, 3.8) is 0 Å². The molecule has 5 rings (SSSR count). The molecule has 0 bridgehead atoms. The third-order valence-electron chi connectivity index (χ3n) is 5.81. The molecule has 0 saturated heterocycles. The standard InChI is InChI=1S/C25H22.2ClH.Zr/c1-3-12-22-19(7-1)15-16-20(22)10-5-9-18-11-6-14-24-23-13-4-2-8-21(23)17-25(18)24;;;/h1-4,6-8,11-16,20H,5,9-10,17H2;2*1H;/q;;;+2/p-2. The summed E-state index contributed by atoms with van der Waals surface area (Å²) >= 11 is 0. The molecule has 3 aromatic carbocycles. The quantitative estimate of drug-likeness (QED) is 0.394. The largest absolute Gasteiger partial charge is 2.00 e. The summed E-state index contributed by atoms with van der Waals surface area (Å²) in [5.41, 5.74) is 10.4. The van der Waals surface area contributed by atoms with E-state index in [1.54, 1.807) is 11.1 Å². The van der Waals surface area contributed by atoms with Crippen molar-refractivity contribution in [2.45, 2.75) is 31.6 Å². The molecule has 1 atom stereocenters. The van der Waals surface area contributed by atoms with E-state index in [0.717, 1.165) is 6.42 Å². The fourth-order valence-corrected chi connectivity index (χ4v) is 4.55. The van der Waals surface area contributed by atoms with Gasteiger partial charge in [0.25, 0.3) is 0 Å². The number of benzene rings is 3. The van der Waals surface area contributed by atoms with Gasteiger partial charge in [0.15, 0.2) is 0 Å². The molecule has 0 fully saturated rings. The van der Waals surface area contributed by atoms with Gasteiger partial charge in [0, 0.05) is 5.92 Å². The predicted molar refractivity (Wildman–Crippen MR) is 106 cm³/mol. The van der Waals surface area contributed by atoms with Crippen LogP contribution in [-0.4, -0.2) is 0 Å². The van der Waals surface area contributed by atoms with Crippen LogP contribution in [0.25, 0.3) is 17.2 Å². The molecule has 0 amide bonds. The van der Waals surface area contributed by atoms with Gasteiger partial charge >= 0.3 is 26.2 Å². The van der Waals surface area contributed by atoms with E-state index >= 15 is 0 Å². The number of rotatable bonds is 4. The first kappa shape index (κ1) is 23.1. The molecule has 0 nitrogen and oxygen atoms in total. The Bertz CT molecular complexity index is 978. The maximum atomic E-state index is 2.38. The Kier molecular flexibility index (Phi) is 8.32. The SMILES string of the molecule is C1=CC(CCCc2cccc3c2Cc2ccccc2-3)c2ccccc21.[Cl-].[Cl-].[Zr+2]. The second kappa shape index (κ2) is 10.1. The summed E-state index contributed by atoms with van der Waals surface area (Å²) in [5, 5.41) is 0. The minimum absolute atomic E-state index is 0. The van der Waals surface area contributed by atoms with Crippen LogP contribution in [0.4, 0.5) is 0 Å². The molecule has 2 aliphatic rings. The molecule has 140 valence electrons. The average Bonchev–Trinajstić information content (AvgIpc) is 3.24. The topological polar surface area (TPSA) is 0 Å².